The fourth-order valence-corrected chi connectivity index (χ4v) is 2.82. The maximum Gasteiger partial charge on any atom is 0.329 e. The van der Waals surface area contributed by atoms with Crippen LogP contribution < -0.4 is 16.7 Å². The molecule has 0 aliphatic carbocycles. The predicted molar refractivity (Wildman–Crippen MR) is 101 cm³/mol. The van der Waals surface area contributed by atoms with E-state index in [1.54, 1.807) is 0 Å². The van der Waals surface area contributed by atoms with Crippen LogP contribution in [-0.2, 0) is 9.63 Å². The van der Waals surface area contributed by atoms with Gasteiger partial charge in [0.15, 0.2) is 0 Å². The van der Waals surface area contributed by atoms with Gasteiger partial charge in [-0.2, -0.15) is 0 Å². The Balaban J connectivity index is 3.11. The number of carbonyl (C=O) groups excluding carboxylic acids is 2. The zero-order chi connectivity index (χ0) is 18.6. The summed E-state index contributed by atoms with van der Waals surface area (Å²) in [6.07, 6.45) is 19.8. The van der Waals surface area contributed by atoms with Gasteiger partial charge in [0.05, 0.1) is 0 Å². The standard InChI is InChI=1S/C19H39N3O3/c1-2-3-4-5-6-7-8-9-10-11-12-13-14-15-16-17-18(23)25-22-21-19(20)24/h22H,2-17H2,1H3,(H3,20,21,24). The number of urea groups is 1. The minimum absolute atomic E-state index is 0.353. The Kier molecular flexibility index (Phi) is 18.0. The number of nitrogens with two attached hydrogens (primary N) is 1. The van der Waals surface area contributed by atoms with Gasteiger partial charge in [0.1, 0.15) is 0 Å². The normalized spacial score (nSPS) is 10.6. The third-order valence-corrected chi connectivity index (χ3v) is 4.32. The van der Waals surface area contributed by atoms with Crippen LogP contribution in [-0.4, -0.2) is 12.0 Å². The van der Waals surface area contributed by atoms with Crippen LogP contribution in [0.5, 0.6) is 0 Å². The lowest BCUT2D eigenvalue weighted by atomic mass is 10.0. The highest BCUT2D eigenvalue weighted by atomic mass is 16.7. The van der Waals surface area contributed by atoms with Gasteiger partial charge in [0.25, 0.3) is 0 Å². The summed E-state index contributed by atoms with van der Waals surface area (Å²) in [5.74, 6) is -0.386. The quantitative estimate of drug-likeness (QED) is 0.241. The van der Waals surface area contributed by atoms with Gasteiger partial charge in [-0.1, -0.05) is 102 Å². The van der Waals surface area contributed by atoms with Crippen LogP contribution in [0.25, 0.3) is 0 Å². The highest BCUT2D eigenvalue weighted by Crippen LogP contribution is 2.13. The summed E-state index contributed by atoms with van der Waals surface area (Å²) in [4.78, 5) is 26.2. The molecule has 0 radical (unpaired) electrons. The van der Waals surface area contributed by atoms with Crippen molar-refractivity contribution in [3.05, 3.63) is 0 Å². The Morgan fingerprint density at radius 3 is 1.52 bits per heavy atom. The van der Waals surface area contributed by atoms with Gasteiger partial charge in [0.2, 0.25) is 0 Å². The smallest absolute Gasteiger partial charge is 0.329 e. The van der Waals surface area contributed by atoms with E-state index in [9.17, 15) is 9.59 Å². The number of hydrogen-bond donors (Lipinski definition) is 3. The van der Waals surface area contributed by atoms with E-state index in [1.165, 1.54) is 77.0 Å². The van der Waals surface area contributed by atoms with Crippen molar-refractivity contribution in [2.75, 3.05) is 0 Å². The molecule has 25 heavy (non-hydrogen) atoms. The molecule has 0 atom stereocenters. The number of nitrogens with one attached hydrogen (secondary N) is 2. The predicted octanol–water partition coefficient (Wildman–Crippen LogP) is 4.88. The van der Waals surface area contributed by atoms with Crippen LogP contribution in [0.3, 0.4) is 0 Å². The molecule has 2 amide bonds. The highest BCUT2D eigenvalue weighted by Gasteiger charge is 2.03. The minimum Gasteiger partial charge on any atom is -0.351 e. The molecule has 0 rings (SSSR count). The van der Waals surface area contributed by atoms with E-state index in [-0.39, 0.29) is 5.97 Å². The molecule has 0 aromatic rings. The molecule has 0 aromatic heterocycles. The molecule has 4 N–H and O–H groups in total. The van der Waals surface area contributed by atoms with Crippen molar-refractivity contribution in [2.45, 2.75) is 110 Å². The highest BCUT2D eigenvalue weighted by molar-refractivity contribution is 5.71. The first kappa shape index (κ1) is 23.7. The second-order valence-electron chi connectivity index (χ2n) is 6.77. The van der Waals surface area contributed by atoms with Crippen molar-refractivity contribution in [3.8, 4) is 0 Å². The van der Waals surface area contributed by atoms with E-state index in [0.717, 1.165) is 19.3 Å². The first-order valence-corrected chi connectivity index (χ1v) is 10.2. The van der Waals surface area contributed by atoms with E-state index in [0.29, 0.717) is 6.42 Å². The van der Waals surface area contributed by atoms with E-state index < -0.39 is 6.03 Å². The first-order chi connectivity index (χ1) is 12.2. The third-order valence-electron chi connectivity index (χ3n) is 4.32. The SMILES string of the molecule is CCCCCCCCCCCCCCCCCC(=O)ONNC(N)=O. The van der Waals surface area contributed by atoms with Crippen LogP contribution in [0.2, 0.25) is 0 Å². The number of carbonyl (C=O) groups is 2. The largest absolute Gasteiger partial charge is 0.351 e. The fraction of sp³-hybridized carbons (Fsp3) is 0.895. The number of unbranched alkanes of at least 4 members (excludes halogenated alkanes) is 14. The van der Waals surface area contributed by atoms with Gasteiger partial charge in [-0.15, -0.1) is 0 Å². The molecule has 0 saturated heterocycles. The molecule has 0 aromatic carbocycles. The average molecular weight is 358 g/mol. The van der Waals surface area contributed by atoms with Gasteiger partial charge in [-0.05, 0) is 6.42 Å². The van der Waals surface area contributed by atoms with Crippen LogP contribution in [0.15, 0.2) is 0 Å². The molecule has 0 spiro atoms. The molecule has 0 heterocycles. The Bertz CT molecular complexity index is 325. The molecule has 148 valence electrons. The molecule has 0 bridgehead atoms. The lowest BCUT2D eigenvalue weighted by molar-refractivity contribution is -0.152. The van der Waals surface area contributed by atoms with Gasteiger partial charge in [0, 0.05) is 6.42 Å². The Labute approximate surface area is 153 Å². The molecular formula is C19H39N3O3. The first-order valence-electron chi connectivity index (χ1n) is 10.2. The van der Waals surface area contributed by atoms with E-state index >= 15 is 0 Å². The molecule has 0 fully saturated rings. The van der Waals surface area contributed by atoms with Crippen molar-refractivity contribution in [3.63, 3.8) is 0 Å². The van der Waals surface area contributed by atoms with Gasteiger partial charge in [-0.25, -0.2) is 10.2 Å². The second-order valence-corrected chi connectivity index (χ2v) is 6.77. The van der Waals surface area contributed by atoms with Crippen molar-refractivity contribution in [2.24, 2.45) is 5.73 Å². The molecular weight excluding hydrogens is 318 g/mol. The van der Waals surface area contributed by atoms with E-state index in [2.05, 4.69) is 11.8 Å². The number of amides is 2. The summed E-state index contributed by atoms with van der Waals surface area (Å²) in [6.45, 7) is 2.26. The summed E-state index contributed by atoms with van der Waals surface area (Å²) < 4.78 is 0. The van der Waals surface area contributed by atoms with Crippen molar-refractivity contribution >= 4 is 12.0 Å². The van der Waals surface area contributed by atoms with Crippen molar-refractivity contribution in [1.82, 2.24) is 11.0 Å². The van der Waals surface area contributed by atoms with E-state index in [1.807, 2.05) is 11.0 Å². The molecule has 0 unspecified atom stereocenters. The van der Waals surface area contributed by atoms with Crippen molar-refractivity contribution in [1.29, 1.82) is 0 Å². The summed E-state index contributed by atoms with van der Waals surface area (Å²) in [5.41, 5.74) is 8.80. The third kappa shape index (κ3) is 20.7. The Morgan fingerprint density at radius 2 is 1.12 bits per heavy atom. The molecule has 0 aliphatic rings. The molecule has 0 aliphatic heterocycles. The number of hydrogen-bond acceptors (Lipinski definition) is 4. The fourth-order valence-electron chi connectivity index (χ4n) is 2.82. The average Bonchev–Trinajstić information content (AvgIpc) is 2.58. The lowest BCUT2D eigenvalue weighted by Crippen LogP contribution is -2.42. The van der Waals surface area contributed by atoms with Crippen LogP contribution in [0.4, 0.5) is 4.79 Å². The van der Waals surface area contributed by atoms with Gasteiger partial charge >= 0.3 is 12.0 Å². The minimum atomic E-state index is -0.792. The summed E-state index contributed by atoms with van der Waals surface area (Å²) >= 11 is 0. The van der Waals surface area contributed by atoms with Crippen LogP contribution in [0, 0.1) is 0 Å². The second kappa shape index (κ2) is 19.0. The van der Waals surface area contributed by atoms with E-state index in [4.69, 9.17) is 5.73 Å². The summed E-state index contributed by atoms with van der Waals surface area (Å²) in [5, 5.41) is 0. The maximum absolute atomic E-state index is 11.3. The van der Waals surface area contributed by atoms with Gasteiger partial charge < -0.3 is 10.6 Å². The summed E-state index contributed by atoms with van der Waals surface area (Å²) in [6, 6.07) is -0.792. The molecule has 6 heteroatoms. The zero-order valence-electron chi connectivity index (χ0n) is 16.1. The molecule has 6 nitrogen and oxygen atoms in total. The van der Waals surface area contributed by atoms with Gasteiger partial charge in [-0.3, -0.25) is 4.79 Å². The zero-order valence-corrected chi connectivity index (χ0v) is 16.1. The molecule has 0 saturated carbocycles. The number of hydrazine groups is 1. The monoisotopic (exact) mass is 357 g/mol. The maximum atomic E-state index is 11.3. The number of primary amides is 1. The Morgan fingerprint density at radius 1 is 0.720 bits per heavy atom. The van der Waals surface area contributed by atoms with Crippen molar-refractivity contribution < 1.29 is 14.4 Å². The lowest BCUT2D eigenvalue weighted by Gasteiger charge is -2.05. The Hall–Kier alpha value is -1.30. The summed E-state index contributed by atoms with van der Waals surface area (Å²) in [7, 11) is 0. The van der Waals surface area contributed by atoms with Crippen LogP contribution >= 0.6 is 0 Å². The topological polar surface area (TPSA) is 93.4 Å². The number of rotatable bonds is 18. The van der Waals surface area contributed by atoms with Crippen LogP contribution in [0.1, 0.15) is 110 Å².